The largest absolute Gasteiger partial charge is 0.573 e. The van der Waals surface area contributed by atoms with Crippen molar-refractivity contribution < 1.29 is 27.5 Å². The van der Waals surface area contributed by atoms with Crippen LogP contribution < -0.4 is 9.64 Å². The number of hydrogen-bond donors (Lipinski definition) is 0. The summed E-state index contributed by atoms with van der Waals surface area (Å²) in [5.74, 6) is -0.953. The van der Waals surface area contributed by atoms with Crippen LogP contribution in [0.4, 0.5) is 23.7 Å². The highest BCUT2D eigenvalue weighted by Crippen LogP contribution is 2.35. The molecule has 0 radical (unpaired) electrons. The topological polar surface area (TPSA) is 62.7 Å². The van der Waals surface area contributed by atoms with Gasteiger partial charge in [0, 0.05) is 11.9 Å². The van der Waals surface area contributed by atoms with Crippen LogP contribution in [-0.2, 0) is 11.3 Å². The van der Waals surface area contributed by atoms with E-state index in [0.717, 1.165) is 22.4 Å². The number of carbonyl (C=O) groups is 2. The molecule has 4 rings (SSSR count). The maximum absolute atomic E-state index is 13.2. The van der Waals surface area contributed by atoms with Gasteiger partial charge >= 0.3 is 12.4 Å². The number of fused-ring (bicyclic) bond motifs is 1. The van der Waals surface area contributed by atoms with E-state index in [-0.39, 0.29) is 17.4 Å². The Morgan fingerprint density at radius 3 is 2.38 bits per heavy atom. The highest BCUT2D eigenvalue weighted by atomic mass is 35.5. The van der Waals surface area contributed by atoms with Crippen molar-refractivity contribution in [1.82, 2.24) is 9.88 Å². The Hall–Kier alpha value is -3.33. The minimum atomic E-state index is -4.84. The predicted molar refractivity (Wildman–Crippen MR) is 112 cm³/mol. The molecule has 1 saturated heterocycles. The van der Waals surface area contributed by atoms with E-state index >= 15 is 0 Å². The van der Waals surface area contributed by atoms with Crippen LogP contribution in [0.25, 0.3) is 10.9 Å². The molecule has 3 aromatic rings. The molecule has 166 valence electrons. The zero-order chi connectivity index (χ0) is 23.3. The number of imide groups is 1. The van der Waals surface area contributed by atoms with Gasteiger partial charge in [0.1, 0.15) is 16.4 Å². The summed E-state index contributed by atoms with van der Waals surface area (Å²) in [5.41, 5.74) is 0.311. The Labute approximate surface area is 186 Å². The van der Waals surface area contributed by atoms with Gasteiger partial charge in [-0.05, 0) is 55.8 Å². The van der Waals surface area contributed by atoms with Gasteiger partial charge in [-0.1, -0.05) is 29.8 Å². The number of anilines is 1. The molecule has 32 heavy (non-hydrogen) atoms. The lowest BCUT2D eigenvalue weighted by Crippen LogP contribution is -2.43. The number of halogens is 4. The summed E-state index contributed by atoms with van der Waals surface area (Å²) >= 11 is 6.15. The number of ether oxygens (including phenoxy) is 1. The second-order valence-corrected chi connectivity index (χ2v) is 8.12. The summed E-state index contributed by atoms with van der Waals surface area (Å²) in [4.78, 5) is 33.0. The van der Waals surface area contributed by atoms with Crippen molar-refractivity contribution in [2.75, 3.05) is 4.90 Å². The first-order valence-corrected chi connectivity index (χ1v) is 9.91. The van der Waals surface area contributed by atoms with E-state index in [1.807, 2.05) is 18.2 Å². The Morgan fingerprint density at radius 1 is 1.06 bits per heavy atom. The van der Waals surface area contributed by atoms with Gasteiger partial charge in [0.25, 0.3) is 5.91 Å². The lowest BCUT2D eigenvalue weighted by atomic mass is 10.0. The van der Waals surface area contributed by atoms with Crippen LogP contribution in [0.5, 0.6) is 5.75 Å². The quantitative estimate of drug-likeness (QED) is 0.377. The van der Waals surface area contributed by atoms with Gasteiger partial charge in [0.2, 0.25) is 0 Å². The zero-order valence-electron chi connectivity index (χ0n) is 17.0. The first kappa shape index (κ1) is 21.9. The average molecular weight is 464 g/mol. The molecule has 0 spiro atoms. The molecule has 10 heteroatoms. The summed E-state index contributed by atoms with van der Waals surface area (Å²) in [6, 6.07) is 12.9. The average Bonchev–Trinajstić information content (AvgIpc) is 2.87. The summed E-state index contributed by atoms with van der Waals surface area (Å²) in [6.07, 6.45) is -4.84. The maximum Gasteiger partial charge on any atom is 0.573 e. The van der Waals surface area contributed by atoms with Gasteiger partial charge in [-0.3, -0.25) is 4.79 Å². The second-order valence-electron chi connectivity index (χ2n) is 7.73. The molecule has 1 aromatic heterocycles. The van der Waals surface area contributed by atoms with E-state index in [1.54, 1.807) is 26.0 Å². The highest BCUT2D eigenvalue weighted by Gasteiger charge is 2.51. The SMILES string of the molecule is CC1(C)C(=O)N(c2ccc(OC(F)(F)F)cc2)C(=O)N1Cc1cc(Cl)nc2ccccc12. The Morgan fingerprint density at radius 2 is 1.72 bits per heavy atom. The van der Waals surface area contributed by atoms with Crippen molar-refractivity contribution in [3.8, 4) is 5.75 Å². The predicted octanol–water partition coefficient (Wildman–Crippen LogP) is 5.53. The highest BCUT2D eigenvalue weighted by molar-refractivity contribution is 6.30. The van der Waals surface area contributed by atoms with Crippen LogP contribution in [0.15, 0.2) is 54.6 Å². The zero-order valence-corrected chi connectivity index (χ0v) is 17.7. The van der Waals surface area contributed by atoms with Crippen LogP contribution in [0.1, 0.15) is 19.4 Å². The molecule has 1 fully saturated rings. The number of pyridine rings is 1. The minimum Gasteiger partial charge on any atom is -0.406 e. The number of aromatic nitrogens is 1. The van der Waals surface area contributed by atoms with Gasteiger partial charge in [0.15, 0.2) is 0 Å². The summed E-state index contributed by atoms with van der Waals surface area (Å²) in [6.45, 7) is 3.31. The normalized spacial score (nSPS) is 16.2. The number of nitrogens with zero attached hydrogens (tertiary/aromatic N) is 3. The third-order valence-electron chi connectivity index (χ3n) is 5.25. The van der Waals surface area contributed by atoms with Crippen molar-refractivity contribution in [2.45, 2.75) is 32.3 Å². The van der Waals surface area contributed by atoms with E-state index in [0.29, 0.717) is 11.1 Å². The van der Waals surface area contributed by atoms with Crippen LogP contribution in [0.3, 0.4) is 0 Å². The van der Waals surface area contributed by atoms with E-state index in [4.69, 9.17) is 11.6 Å². The Bertz CT molecular complexity index is 1210. The summed E-state index contributed by atoms with van der Waals surface area (Å²) in [7, 11) is 0. The molecule has 0 bridgehead atoms. The molecule has 0 unspecified atom stereocenters. The fraction of sp³-hybridized carbons (Fsp3) is 0.227. The molecular weight excluding hydrogens is 447 g/mol. The Balaban J connectivity index is 1.66. The smallest absolute Gasteiger partial charge is 0.406 e. The van der Waals surface area contributed by atoms with Gasteiger partial charge in [0.05, 0.1) is 11.2 Å². The fourth-order valence-electron chi connectivity index (χ4n) is 3.64. The van der Waals surface area contributed by atoms with E-state index in [1.165, 1.54) is 17.0 Å². The number of urea groups is 1. The first-order valence-electron chi connectivity index (χ1n) is 9.53. The lowest BCUT2D eigenvalue weighted by molar-refractivity contribution is -0.274. The molecule has 0 aliphatic carbocycles. The van der Waals surface area contributed by atoms with Crippen molar-refractivity contribution in [3.05, 3.63) is 65.3 Å². The van der Waals surface area contributed by atoms with Crippen molar-refractivity contribution in [3.63, 3.8) is 0 Å². The number of carbonyl (C=O) groups excluding carboxylic acids is 2. The molecule has 2 heterocycles. The van der Waals surface area contributed by atoms with Crippen molar-refractivity contribution in [1.29, 1.82) is 0 Å². The van der Waals surface area contributed by atoms with Crippen molar-refractivity contribution >= 4 is 40.1 Å². The van der Waals surface area contributed by atoms with Crippen LogP contribution in [0, 0.1) is 0 Å². The third kappa shape index (κ3) is 3.95. The molecule has 0 atom stereocenters. The van der Waals surface area contributed by atoms with E-state index in [2.05, 4.69) is 9.72 Å². The molecule has 1 aliphatic rings. The van der Waals surface area contributed by atoms with Gasteiger partial charge < -0.3 is 9.64 Å². The number of alkyl halides is 3. The Kier molecular flexibility index (Phi) is 5.24. The first-order chi connectivity index (χ1) is 15.0. The number of rotatable bonds is 4. The van der Waals surface area contributed by atoms with Gasteiger partial charge in [-0.15, -0.1) is 13.2 Å². The summed E-state index contributed by atoms with van der Waals surface area (Å²) in [5, 5.41) is 1.05. The van der Waals surface area contributed by atoms with E-state index < -0.39 is 29.6 Å². The monoisotopic (exact) mass is 463 g/mol. The molecule has 6 nitrogen and oxygen atoms in total. The van der Waals surface area contributed by atoms with Crippen LogP contribution in [-0.4, -0.2) is 33.7 Å². The van der Waals surface area contributed by atoms with E-state index in [9.17, 15) is 22.8 Å². The standard InChI is InChI=1S/C22H17ClF3N3O3/c1-21(2)19(30)29(14-7-9-15(10-8-14)32-22(24,25)26)20(31)28(21)12-13-11-18(23)27-17-6-4-3-5-16(13)17/h3-11H,12H2,1-2H3. The van der Waals surface area contributed by atoms with Crippen LogP contribution >= 0.6 is 11.6 Å². The number of benzene rings is 2. The van der Waals surface area contributed by atoms with Gasteiger partial charge in [-0.2, -0.15) is 0 Å². The molecule has 2 aromatic carbocycles. The molecule has 1 aliphatic heterocycles. The molecule has 0 N–H and O–H groups in total. The number of amides is 3. The van der Waals surface area contributed by atoms with Crippen LogP contribution in [0.2, 0.25) is 5.15 Å². The minimum absolute atomic E-state index is 0.0894. The molecular formula is C22H17ClF3N3O3. The summed E-state index contributed by atoms with van der Waals surface area (Å²) < 4.78 is 41.1. The second kappa shape index (κ2) is 7.67. The molecule has 3 amide bonds. The maximum atomic E-state index is 13.2. The fourth-order valence-corrected chi connectivity index (χ4v) is 3.86. The molecule has 0 saturated carbocycles. The lowest BCUT2D eigenvalue weighted by Gasteiger charge is -2.28. The van der Waals surface area contributed by atoms with Crippen molar-refractivity contribution in [2.24, 2.45) is 0 Å². The van der Waals surface area contributed by atoms with Gasteiger partial charge in [-0.25, -0.2) is 14.7 Å². The number of hydrogen-bond acceptors (Lipinski definition) is 4. The number of para-hydroxylation sites is 1. The third-order valence-corrected chi connectivity index (χ3v) is 5.44.